The van der Waals surface area contributed by atoms with Crippen LogP contribution in [0.4, 0.5) is 0 Å². The van der Waals surface area contributed by atoms with Crippen molar-refractivity contribution in [2.75, 3.05) is 0 Å². The van der Waals surface area contributed by atoms with Gasteiger partial charge in [0.15, 0.2) is 0 Å². The molecule has 0 bridgehead atoms. The Morgan fingerprint density at radius 3 is 2.76 bits per heavy atom. The van der Waals surface area contributed by atoms with Crippen LogP contribution in [0, 0.1) is 5.92 Å². The van der Waals surface area contributed by atoms with Gasteiger partial charge in [-0.15, -0.1) is 0 Å². The molecule has 2 rings (SSSR count). The van der Waals surface area contributed by atoms with Crippen molar-refractivity contribution in [1.82, 2.24) is 4.98 Å². The van der Waals surface area contributed by atoms with E-state index in [9.17, 15) is 0 Å². The van der Waals surface area contributed by atoms with Gasteiger partial charge in [0.1, 0.15) is 0 Å². The Balaban J connectivity index is 2.20. The van der Waals surface area contributed by atoms with Gasteiger partial charge >= 0.3 is 0 Å². The van der Waals surface area contributed by atoms with Gasteiger partial charge in [0.05, 0.1) is 0 Å². The van der Waals surface area contributed by atoms with Crippen molar-refractivity contribution >= 4 is 0 Å². The predicted molar refractivity (Wildman–Crippen MR) is 73.2 cm³/mol. The Morgan fingerprint density at radius 1 is 1.29 bits per heavy atom. The van der Waals surface area contributed by atoms with E-state index in [0.717, 1.165) is 11.8 Å². The van der Waals surface area contributed by atoms with Crippen LogP contribution in [-0.4, -0.2) is 4.98 Å². The smallest absolute Gasteiger partial charge is 0.0469 e. The number of nitrogens with zero attached hydrogens (tertiary/aromatic N) is 1. The number of hydrogen-bond donors (Lipinski definition) is 0. The third-order valence-corrected chi connectivity index (χ3v) is 4.13. The molecule has 1 aliphatic rings. The molecular formula is C16H25N. The summed E-state index contributed by atoms with van der Waals surface area (Å²) in [6.45, 7) is 4.62. The van der Waals surface area contributed by atoms with Gasteiger partial charge in [0.25, 0.3) is 0 Å². The topological polar surface area (TPSA) is 12.9 Å². The lowest BCUT2D eigenvalue weighted by Crippen LogP contribution is -2.20. The highest BCUT2D eigenvalue weighted by atomic mass is 14.7. The first-order chi connectivity index (χ1) is 8.36. The first kappa shape index (κ1) is 12.6. The number of aromatic nitrogens is 1. The maximum absolute atomic E-state index is 4.69. The molecule has 1 heteroatoms. The minimum atomic E-state index is 0.736. The van der Waals surface area contributed by atoms with E-state index in [4.69, 9.17) is 0 Å². The van der Waals surface area contributed by atoms with Crippen LogP contribution in [-0.2, 0) is 6.42 Å². The molecule has 1 aromatic heterocycles. The van der Waals surface area contributed by atoms with Gasteiger partial charge in [-0.2, -0.15) is 0 Å². The third kappa shape index (κ3) is 2.88. The lowest BCUT2D eigenvalue weighted by atomic mass is 9.75. The van der Waals surface area contributed by atoms with Crippen molar-refractivity contribution in [3.05, 3.63) is 29.6 Å². The van der Waals surface area contributed by atoms with E-state index in [2.05, 4.69) is 31.0 Å². The predicted octanol–water partition coefficient (Wildman–Crippen LogP) is 4.72. The monoisotopic (exact) mass is 231 g/mol. The molecule has 0 saturated heterocycles. The number of aryl methyl sites for hydroxylation is 1. The van der Waals surface area contributed by atoms with Crippen molar-refractivity contribution in [2.24, 2.45) is 5.92 Å². The van der Waals surface area contributed by atoms with E-state index in [1.807, 2.05) is 6.20 Å². The van der Waals surface area contributed by atoms with Crippen molar-refractivity contribution < 1.29 is 0 Å². The van der Waals surface area contributed by atoms with Crippen LogP contribution < -0.4 is 0 Å². The maximum atomic E-state index is 4.69. The molecule has 1 aliphatic carbocycles. The average molecular weight is 231 g/mol. The van der Waals surface area contributed by atoms with Crippen LogP contribution >= 0.6 is 0 Å². The average Bonchev–Trinajstić information content (AvgIpc) is 2.38. The molecule has 0 fully saturated rings. The Labute approximate surface area is 106 Å². The summed E-state index contributed by atoms with van der Waals surface area (Å²) in [5, 5.41) is 0. The number of hydrogen-bond acceptors (Lipinski definition) is 1. The molecule has 0 saturated carbocycles. The van der Waals surface area contributed by atoms with E-state index in [1.165, 1.54) is 56.2 Å². The second kappa shape index (κ2) is 6.18. The minimum Gasteiger partial charge on any atom is -0.261 e. The second-order valence-corrected chi connectivity index (χ2v) is 5.38. The zero-order valence-corrected chi connectivity index (χ0v) is 11.3. The van der Waals surface area contributed by atoms with Crippen LogP contribution in [0.25, 0.3) is 0 Å². The maximum Gasteiger partial charge on any atom is 0.0469 e. The first-order valence-electron chi connectivity index (χ1n) is 7.30. The van der Waals surface area contributed by atoms with Crippen molar-refractivity contribution in [2.45, 2.75) is 64.7 Å². The fourth-order valence-electron chi connectivity index (χ4n) is 3.39. The fourth-order valence-corrected chi connectivity index (χ4v) is 3.39. The van der Waals surface area contributed by atoms with E-state index in [0.29, 0.717) is 0 Å². The van der Waals surface area contributed by atoms with Gasteiger partial charge in [0.2, 0.25) is 0 Å². The van der Waals surface area contributed by atoms with Crippen LogP contribution in [0.3, 0.4) is 0 Å². The summed E-state index contributed by atoms with van der Waals surface area (Å²) in [6, 6.07) is 4.37. The number of fused-ring (bicyclic) bond motifs is 1. The lowest BCUT2D eigenvalue weighted by molar-refractivity contribution is 0.325. The van der Waals surface area contributed by atoms with E-state index >= 15 is 0 Å². The highest BCUT2D eigenvalue weighted by Gasteiger charge is 2.27. The molecular weight excluding hydrogens is 206 g/mol. The van der Waals surface area contributed by atoms with Crippen LogP contribution in [0.5, 0.6) is 0 Å². The standard InChI is InChI=1S/C16H25N/c1-3-7-13(8-4-2)15-11-5-9-14-10-6-12-17-16(14)15/h6,10,12-13,15H,3-5,7-9,11H2,1-2H3. The van der Waals surface area contributed by atoms with Crippen molar-refractivity contribution in [3.8, 4) is 0 Å². The summed E-state index contributed by atoms with van der Waals surface area (Å²) in [6.07, 6.45) is 11.3. The lowest BCUT2D eigenvalue weighted by Gasteiger charge is -2.31. The normalized spacial score (nSPS) is 19.4. The zero-order valence-electron chi connectivity index (χ0n) is 11.3. The Kier molecular flexibility index (Phi) is 4.58. The van der Waals surface area contributed by atoms with E-state index < -0.39 is 0 Å². The molecule has 0 aromatic carbocycles. The van der Waals surface area contributed by atoms with E-state index in [1.54, 1.807) is 0 Å². The molecule has 0 aliphatic heterocycles. The molecule has 1 atom stereocenters. The second-order valence-electron chi connectivity index (χ2n) is 5.38. The van der Waals surface area contributed by atoms with Gasteiger partial charge < -0.3 is 0 Å². The van der Waals surface area contributed by atoms with E-state index in [-0.39, 0.29) is 0 Å². The Hall–Kier alpha value is -0.850. The fraction of sp³-hybridized carbons (Fsp3) is 0.688. The summed E-state index contributed by atoms with van der Waals surface area (Å²) in [7, 11) is 0. The molecule has 17 heavy (non-hydrogen) atoms. The van der Waals surface area contributed by atoms with Crippen molar-refractivity contribution in [1.29, 1.82) is 0 Å². The first-order valence-corrected chi connectivity index (χ1v) is 7.30. The Bertz CT molecular complexity index is 339. The van der Waals surface area contributed by atoms with Crippen molar-refractivity contribution in [3.63, 3.8) is 0 Å². The molecule has 1 unspecified atom stereocenters. The van der Waals surface area contributed by atoms with Gasteiger partial charge in [0, 0.05) is 17.8 Å². The molecule has 94 valence electrons. The molecule has 1 heterocycles. The number of pyridine rings is 1. The largest absolute Gasteiger partial charge is 0.261 e. The number of rotatable bonds is 5. The van der Waals surface area contributed by atoms with Crippen LogP contribution in [0.2, 0.25) is 0 Å². The molecule has 1 aromatic rings. The summed E-state index contributed by atoms with van der Waals surface area (Å²) >= 11 is 0. The van der Waals surface area contributed by atoms with Crippen LogP contribution in [0.15, 0.2) is 18.3 Å². The quantitative estimate of drug-likeness (QED) is 0.714. The zero-order chi connectivity index (χ0) is 12.1. The van der Waals surface area contributed by atoms with Gasteiger partial charge in [-0.1, -0.05) is 45.6 Å². The minimum absolute atomic E-state index is 0.736. The molecule has 0 spiro atoms. The highest BCUT2D eigenvalue weighted by molar-refractivity contribution is 5.26. The van der Waals surface area contributed by atoms with Gasteiger partial charge in [-0.05, 0) is 36.8 Å². The molecule has 0 amide bonds. The molecule has 1 nitrogen and oxygen atoms in total. The molecule has 0 N–H and O–H groups in total. The summed E-state index contributed by atoms with van der Waals surface area (Å²) in [5.74, 6) is 1.60. The summed E-state index contributed by atoms with van der Waals surface area (Å²) in [4.78, 5) is 4.69. The van der Waals surface area contributed by atoms with Crippen LogP contribution in [0.1, 0.15) is 69.5 Å². The molecule has 0 radical (unpaired) electrons. The summed E-state index contributed by atoms with van der Waals surface area (Å²) in [5.41, 5.74) is 2.94. The van der Waals surface area contributed by atoms with Gasteiger partial charge in [-0.3, -0.25) is 4.98 Å². The summed E-state index contributed by atoms with van der Waals surface area (Å²) < 4.78 is 0. The SMILES string of the molecule is CCCC(CCC)C1CCCc2cccnc21. The van der Waals surface area contributed by atoms with Gasteiger partial charge in [-0.25, -0.2) is 0 Å². The Morgan fingerprint density at radius 2 is 2.06 bits per heavy atom. The highest BCUT2D eigenvalue weighted by Crippen LogP contribution is 2.39. The third-order valence-electron chi connectivity index (χ3n) is 4.13.